The van der Waals surface area contributed by atoms with E-state index in [0.29, 0.717) is 6.04 Å². The highest BCUT2D eigenvalue weighted by Gasteiger charge is 2.16. The van der Waals surface area contributed by atoms with Crippen molar-refractivity contribution in [2.75, 3.05) is 12.4 Å². The number of amides is 1. The molecule has 0 aromatic heterocycles. The molecular weight excluding hydrogens is 261 g/mol. The van der Waals surface area contributed by atoms with E-state index in [1.165, 1.54) is 32.0 Å². The molecule has 0 unspecified atom stereocenters. The first-order chi connectivity index (χ1) is 9.62. The molecule has 1 saturated carbocycles. The van der Waals surface area contributed by atoms with E-state index in [0.717, 1.165) is 24.8 Å². The molecule has 0 atom stereocenters. The summed E-state index contributed by atoms with van der Waals surface area (Å²) in [4.78, 5) is 11.3. The molecule has 0 saturated heterocycles. The van der Waals surface area contributed by atoms with Gasteiger partial charge in [0.25, 0.3) is 12.2 Å². The number of halogens is 1. The smallest absolute Gasteiger partial charge is 0.283 e. The first-order valence-electron chi connectivity index (χ1n) is 6.43. The van der Waals surface area contributed by atoms with Crippen LogP contribution in [-0.2, 0) is 0 Å². The van der Waals surface area contributed by atoms with Gasteiger partial charge in [-0.05, 0) is 31.0 Å². The molecule has 1 aromatic carbocycles. The maximum absolute atomic E-state index is 13.7. The van der Waals surface area contributed by atoms with Gasteiger partial charge in [0.15, 0.2) is 0 Å². The number of nitrogens with zero attached hydrogens (tertiary/aromatic N) is 1. The van der Waals surface area contributed by atoms with Crippen LogP contribution in [-0.4, -0.2) is 24.1 Å². The largest absolute Gasteiger partial charge is 0.443 e. The summed E-state index contributed by atoms with van der Waals surface area (Å²) in [6.07, 6.45) is 5.49. The normalized spacial score (nSPS) is 13.8. The summed E-state index contributed by atoms with van der Waals surface area (Å²) in [7, 11) is 1.49. The number of nitriles is 1. The lowest BCUT2D eigenvalue weighted by Crippen LogP contribution is -2.20. The average molecular weight is 279 g/mol. The number of anilines is 1. The number of aliphatic hydroxyl groups is 1. The van der Waals surface area contributed by atoms with Crippen LogP contribution in [0.25, 0.3) is 0 Å². The summed E-state index contributed by atoms with van der Waals surface area (Å²) in [5.74, 6) is -0.873. The predicted molar refractivity (Wildman–Crippen MR) is 73.2 cm³/mol. The molecule has 0 radical (unpaired) electrons. The molecule has 1 fully saturated rings. The number of nitrogens with one attached hydrogen (secondary N) is 2. The first kappa shape index (κ1) is 15.8. The Bertz CT molecular complexity index is 494. The molecule has 1 amide bonds. The van der Waals surface area contributed by atoms with E-state index in [1.54, 1.807) is 6.07 Å². The minimum Gasteiger partial charge on any atom is -0.443 e. The molecular formula is C14H18FN3O2. The van der Waals surface area contributed by atoms with Crippen LogP contribution in [0, 0.1) is 17.3 Å². The van der Waals surface area contributed by atoms with Gasteiger partial charge in [0.2, 0.25) is 0 Å². The SMILES string of the molecule is CNC(=O)c1ccc(NC2CCCC2)cc1F.N#CO. The highest BCUT2D eigenvalue weighted by atomic mass is 19.1. The summed E-state index contributed by atoms with van der Waals surface area (Å²) >= 11 is 0. The van der Waals surface area contributed by atoms with E-state index in [1.807, 2.05) is 0 Å². The van der Waals surface area contributed by atoms with Crippen molar-refractivity contribution in [3.05, 3.63) is 29.6 Å². The number of carbonyl (C=O) groups excluding carboxylic acids is 1. The Hall–Kier alpha value is -2.29. The van der Waals surface area contributed by atoms with E-state index in [2.05, 4.69) is 10.6 Å². The Kier molecular flexibility index (Phi) is 6.30. The second-order valence-corrected chi connectivity index (χ2v) is 4.50. The summed E-state index contributed by atoms with van der Waals surface area (Å²) in [6.45, 7) is 0. The van der Waals surface area contributed by atoms with E-state index < -0.39 is 11.7 Å². The number of hydrogen-bond acceptors (Lipinski definition) is 4. The molecule has 2 rings (SSSR count). The van der Waals surface area contributed by atoms with Crippen LogP contribution in [0.15, 0.2) is 18.2 Å². The Morgan fingerprint density at radius 2 is 2.05 bits per heavy atom. The molecule has 6 heteroatoms. The fourth-order valence-corrected chi connectivity index (χ4v) is 2.23. The maximum Gasteiger partial charge on any atom is 0.283 e. The molecule has 0 bridgehead atoms. The lowest BCUT2D eigenvalue weighted by atomic mass is 10.1. The van der Waals surface area contributed by atoms with Crippen molar-refractivity contribution in [1.29, 1.82) is 5.26 Å². The van der Waals surface area contributed by atoms with Crippen LogP contribution in [0.2, 0.25) is 0 Å². The number of rotatable bonds is 3. The molecule has 0 aliphatic heterocycles. The summed E-state index contributed by atoms with van der Waals surface area (Å²) < 4.78 is 13.7. The van der Waals surface area contributed by atoms with Crippen LogP contribution < -0.4 is 10.6 Å². The van der Waals surface area contributed by atoms with Crippen molar-refractivity contribution in [1.82, 2.24) is 5.32 Å². The quantitative estimate of drug-likeness (QED) is 0.742. The monoisotopic (exact) mass is 279 g/mol. The third-order valence-electron chi connectivity index (χ3n) is 3.17. The van der Waals surface area contributed by atoms with Crippen molar-refractivity contribution in [3.63, 3.8) is 0 Å². The summed E-state index contributed by atoms with van der Waals surface area (Å²) in [5, 5.41) is 19.5. The molecule has 1 aliphatic rings. The second kappa shape index (κ2) is 8.00. The van der Waals surface area contributed by atoms with E-state index in [9.17, 15) is 9.18 Å². The van der Waals surface area contributed by atoms with Gasteiger partial charge in [-0.1, -0.05) is 12.8 Å². The molecule has 0 spiro atoms. The highest BCUT2D eigenvalue weighted by molar-refractivity contribution is 5.94. The van der Waals surface area contributed by atoms with Gasteiger partial charge in [0.1, 0.15) is 5.82 Å². The number of carbonyl (C=O) groups is 1. The standard InChI is InChI=1S/C13H17FN2O.CHNO/c1-15-13(17)11-7-6-10(8-12(11)14)16-9-4-2-3-5-9;2-1-3/h6-9,16H,2-5H2,1H3,(H,15,17);3H. The first-order valence-corrected chi connectivity index (χ1v) is 6.43. The fourth-order valence-electron chi connectivity index (χ4n) is 2.23. The Morgan fingerprint density at radius 1 is 1.45 bits per heavy atom. The van der Waals surface area contributed by atoms with Gasteiger partial charge in [-0.15, -0.1) is 0 Å². The van der Waals surface area contributed by atoms with Gasteiger partial charge >= 0.3 is 0 Å². The second-order valence-electron chi connectivity index (χ2n) is 4.50. The molecule has 1 aromatic rings. The van der Waals surface area contributed by atoms with Crippen LogP contribution in [0.5, 0.6) is 0 Å². The number of hydrogen-bond donors (Lipinski definition) is 3. The maximum atomic E-state index is 13.7. The van der Waals surface area contributed by atoms with Gasteiger partial charge in [-0.2, -0.15) is 5.26 Å². The average Bonchev–Trinajstić information content (AvgIpc) is 2.92. The van der Waals surface area contributed by atoms with Crippen LogP contribution in [0.3, 0.4) is 0 Å². The highest BCUT2D eigenvalue weighted by Crippen LogP contribution is 2.23. The molecule has 0 heterocycles. The zero-order valence-electron chi connectivity index (χ0n) is 11.3. The van der Waals surface area contributed by atoms with Crippen LogP contribution in [0.4, 0.5) is 10.1 Å². The van der Waals surface area contributed by atoms with E-state index >= 15 is 0 Å². The summed E-state index contributed by atoms with van der Waals surface area (Å²) in [5.41, 5.74) is 0.839. The van der Waals surface area contributed by atoms with Crippen molar-refractivity contribution < 1.29 is 14.3 Å². The molecule has 20 heavy (non-hydrogen) atoms. The molecule has 108 valence electrons. The van der Waals surface area contributed by atoms with Gasteiger partial charge in [0.05, 0.1) is 5.56 Å². The Morgan fingerprint density at radius 3 is 2.55 bits per heavy atom. The van der Waals surface area contributed by atoms with Crippen molar-refractivity contribution in [2.45, 2.75) is 31.7 Å². The third kappa shape index (κ3) is 4.43. The van der Waals surface area contributed by atoms with Gasteiger partial charge in [-0.25, -0.2) is 4.39 Å². The predicted octanol–water partition coefficient (Wildman–Crippen LogP) is 2.38. The van der Waals surface area contributed by atoms with Crippen molar-refractivity contribution in [3.8, 4) is 6.26 Å². The number of aliphatic hydroxyl groups excluding tert-OH is 1. The fraction of sp³-hybridized carbons (Fsp3) is 0.429. The zero-order chi connectivity index (χ0) is 15.0. The molecule has 3 N–H and O–H groups in total. The molecule has 5 nitrogen and oxygen atoms in total. The third-order valence-corrected chi connectivity index (χ3v) is 3.17. The Balaban J connectivity index is 0.000000612. The van der Waals surface area contributed by atoms with Gasteiger partial charge in [-0.3, -0.25) is 4.79 Å². The van der Waals surface area contributed by atoms with Crippen LogP contribution in [0.1, 0.15) is 36.0 Å². The zero-order valence-corrected chi connectivity index (χ0v) is 11.3. The minimum absolute atomic E-state index is 0.0875. The minimum atomic E-state index is -0.479. The van der Waals surface area contributed by atoms with Crippen molar-refractivity contribution in [2.24, 2.45) is 0 Å². The van der Waals surface area contributed by atoms with Crippen molar-refractivity contribution >= 4 is 11.6 Å². The molecule has 1 aliphatic carbocycles. The lowest BCUT2D eigenvalue weighted by molar-refractivity contribution is 0.0959. The van der Waals surface area contributed by atoms with E-state index in [-0.39, 0.29) is 5.56 Å². The summed E-state index contributed by atoms with van der Waals surface area (Å²) in [6, 6.07) is 5.11. The van der Waals surface area contributed by atoms with Crippen LogP contribution >= 0.6 is 0 Å². The van der Waals surface area contributed by atoms with Gasteiger partial charge in [0, 0.05) is 18.8 Å². The topological polar surface area (TPSA) is 85.2 Å². The Labute approximate surface area is 117 Å². The van der Waals surface area contributed by atoms with Gasteiger partial charge < -0.3 is 15.7 Å². The lowest BCUT2D eigenvalue weighted by Gasteiger charge is -2.14. The van der Waals surface area contributed by atoms with E-state index in [4.69, 9.17) is 10.4 Å². The number of benzene rings is 1.